The van der Waals surface area contributed by atoms with Crippen LogP contribution >= 0.6 is 11.8 Å². The first-order chi connectivity index (χ1) is 27.1. The standard InChI is InChI=1S/C44H82N2O9S/c1-3-5-7-9-11-13-15-17-19-21-23-25-27-29-33-54-41(48)32-31-38(46-40(47)35-39(43(51)52)56-36-37(45)42(49)50)44(53)55-34-30-28-26-24-22-20-18-16-14-12-10-8-6-4-2/h37-39H,3-36,45H2,1-2H3,(H,46,47)(H,49,50)(H,51,52)/t37-,38+,39?/m1/s1. The molecule has 0 heterocycles. The second kappa shape index (κ2) is 39.5. The van der Waals surface area contributed by atoms with Crippen molar-refractivity contribution in [1.29, 1.82) is 0 Å². The molecule has 0 aromatic rings. The summed E-state index contributed by atoms with van der Waals surface area (Å²) in [5.74, 6) is -4.64. The predicted molar refractivity (Wildman–Crippen MR) is 228 cm³/mol. The number of amides is 1. The van der Waals surface area contributed by atoms with Gasteiger partial charge in [0.2, 0.25) is 5.91 Å². The average molecular weight is 815 g/mol. The zero-order valence-electron chi connectivity index (χ0n) is 35.5. The van der Waals surface area contributed by atoms with Crippen LogP contribution in [0.15, 0.2) is 0 Å². The van der Waals surface area contributed by atoms with Gasteiger partial charge in [0.25, 0.3) is 0 Å². The van der Waals surface area contributed by atoms with Gasteiger partial charge >= 0.3 is 23.9 Å². The number of thioether (sulfide) groups is 1. The van der Waals surface area contributed by atoms with Gasteiger partial charge in [-0.3, -0.25) is 19.2 Å². The number of rotatable bonds is 42. The number of nitrogens with two attached hydrogens (primary N) is 1. The maximum absolute atomic E-state index is 13.0. The first-order valence-electron chi connectivity index (χ1n) is 22.6. The third kappa shape index (κ3) is 34.9. The van der Waals surface area contributed by atoms with E-state index in [1.165, 1.54) is 135 Å². The summed E-state index contributed by atoms with van der Waals surface area (Å²) in [6.07, 6.45) is 33.5. The second-order valence-electron chi connectivity index (χ2n) is 15.5. The van der Waals surface area contributed by atoms with E-state index in [2.05, 4.69) is 19.2 Å². The lowest BCUT2D eigenvalue weighted by Crippen LogP contribution is -2.44. The number of hydrogen-bond acceptors (Lipinski definition) is 9. The normalized spacial score (nSPS) is 12.8. The first kappa shape index (κ1) is 53.7. The van der Waals surface area contributed by atoms with E-state index in [1.54, 1.807) is 0 Å². The fraction of sp³-hybridized carbons (Fsp3) is 0.886. The number of hydrogen-bond donors (Lipinski definition) is 4. The van der Waals surface area contributed by atoms with Gasteiger partial charge in [-0.1, -0.05) is 181 Å². The van der Waals surface area contributed by atoms with Crippen molar-refractivity contribution in [3.05, 3.63) is 0 Å². The summed E-state index contributed by atoms with van der Waals surface area (Å²) in [5.41, 5.74) is 5.50. The monoisotopic (exact) mass is 815 g/mol. The highest BCUT2D eigenvalue weighted by atomic mass is 32.2. The highest BCUT2D eigenvalue weighted by Gasteiger charge is 2.28. The molecule has 0 saturated heterocycles. The van der Waals surface area contributed by atoms with Crippen LogP contribution < -0.4 is 11.1 Å². The number of unbranched alkanes of at least 4 members (excludes halogenated alkanes) is 26. The Hall–Kier alpha value is -2.34. The molecular formula is C44H82N2O9S. The molecule has 328 valence electrons. The molecule has 1 amide bonds. The highest BCUT2D eigenvalue weighted by Crippen LogP contribution is 2.18. The van der Waals surface area contributed by atoms with Crippen LogP contribution in [0.3, 0.4) is 0 Å². The number of carboxylic acids is 2. The van der Waals surface area contributed by atoms with Crippen molar-refractivity contribution in [2.24, 2.45) is 5.73 Å². The van der Waals surface area contributed by atoms with E-state index >= 15 is 0 Å². The maximum atomic E-state index is 13.0. The molecule has 0 aliphatic rings. The number of esters is 2. The molecule has 0 radical (unpaired) electrons. The van der Waals surface area contributed by atoms with Crippen molar-refractivity contribution in [3.63, 3.8) is 0 Å². The van der Waals surface area contributed by atoms with Crippen LogP contribution in [0.1, 0.15) is 213 Å². The molecule has 0 aromatic heterocycles. The summed E-state index contributed by atoms with van der Waals surface area (Å²) in [6, 6.07) is -2.43. The number of ether oxygens (including phenoxy) is 2. The highest BCUT2D eigenvalue weighted by molar-refractivity contribution is 8.00. The van der Waals surface area contributed by atoms with Crippen LogP contribution in [0.2, 0.25) is 0 Å². The number of nitrogens with one attached hydrogen (secondary N) is 1. The Morgan fingerprint density at radius 1 is 0.554 bits per heavy atom. The van der Waals surface area contributed by atoms with Crippen molar-refractivity contribution >= 4 is 41.5 Å². The molecule has 0 aliphatic carbocycles. The topological polar surface area (TPSA) is 182 Å². The van der Waals surface area contributed by atoms with Crippen molar-refractivity contribution < 1.29 is 43.7 Å². The Labute approximate surface area is 344 Å². The summed E-state index contributed by atoms with van der Waals surface area (Å²) in [5, 5.41) is 19.9. The fourth-order valence-corrected chi connectivity index (χ4v) is 7.56. The summed E-state index contributed by atoms with van der Waals surface area (Å²) in [4.78, 5) is 61.3. The third-order valence-electron chi connectivity index (χ3n) is 10.2. The molecule has 11 nitrogen and oxygen atoms in total. The Balaban J connectivity index is 4.56. The van der Waals surface area contributed by atoms with Gasteiger partial charge in [-0.2, -0.15) is 0 Å². The van der Waals surface area contributed by atoms with E-state index in [-0.39, 0.29) is 25.2 Å². The second-order valence-corrected chi connectivity index (χ2v) is 16.8. The molecule has 0 saturated carbocycles. The molecule has 0 aliphatic heterocycles. The lowest BCUT2D eigenvalue weighted by molar-refractivity contribution is -0.149. The zero-order valence-corrected chi connectivity index (χ0v) is 36.3. The Kier molecular flexibility index (Phi) is 37.8. The molecule has 0 bridgehead atoms. The summed E-state index contributed by atoms with van der Waals surface area (Å²) in [7, 11) is 0. The number of carboxylic acid groups (broad SMARTS) is 2. The fourth-order valence-electron chi connectivity index (χ4n) is 6.57. The van der Waals surface area contributed by atoms with Gasteiger partial charge in [0.15, 0.2) is 0 Å². The van der Waals surface area contributed by atoms with Crippen molar-refractivity contribution in [3.8, 4) is 0 Å². The minimum absolute atomic E-state index is 0.0460. The Morgan fingerprint density at radius 3 is 1.30 bits per heavy atom. The summed E-state index contributed by atoms with van der Waals surface area (Å²) < 4.78 is 10.9. The van der Waals surface area contributed by atoms with E-state index < -0.39 is 53.5 Å². The SMILES string of the molecule is CCCCCCCCCCCCCCCCOC(=O)CC[C@H](NC(=O)CC(SC[C@@H](N)C(=O)O)C(=O)O)C(=O)OCCCCCCCCCCCCCCCC. The van der Waals surface area contributed by atoms with Crippen LogP contribution in [-0.2, 0) is 33.4 Å². The van der Waals surface area contributed by atoms with Gasteiger partial charge in [0.1, 0.15) is 17.3 Å². The largest absolute Gasteiger partial charge is 0.480 e. The Bertz CT molecular complexity index is 1000. The molecule has 12 heteroatoms. The number of aliphatic carboxylic acids is 2. The van der Waals surface area contributed by atoms with E-state index in [4.69, 9.17) is 20.3 Å². The number of carbonyl (C=O) groups is 5. The third-order valence-corrected chi connectivity index (χ3v) is 11.5. The van der Waals surface area contributed by atoms with Gasteiger partial charge in [-0.15, -0.1) is 11.8 Å². The van der Waals surface area contributed by atoms with E-state index in [0.29, 0.717) is 13.0 Å². The summed E-state index contributed by atoms with van der Waals surface area (Å²) in [6.45, 7) is 4.97. The molecule has 0 fully saturated rings. The number of carbonyl (C=O) groups excluding carboxylic acids is 3. The predicted octanol–water partition coefficient (Wildman–Crippen LogP) is 10.3. The van der Waals surface area contributed by atoms with Crippen molar-refractivity contribution in [2.45, 2.75) is 230 Å². The smallest absolute Gasteiger partial charge is 0.328 e. The quantitative estimate of drug-likeness (QED) is 0.0340. The van der Waals surface area contributed by atoms with Crippen LogP contribution in [0.5, 0.6) is 0 Å². The first-order valence-corrected chi connectivity index (χ1v) is 23.6. The van der Waals surface area contributed by atoms with Gasteiger partial charge in [-0.25, -0.2) is 4.79 Å². The molecule has 5 N–H and O–H groups in total. The lowest BCUT2D eigenvalue weighted by Gasteiger charge is -2.19. The molecule has 0 spiro atoms. The van der Waals surface area contributed by atoms with Crippen molar-refractivity contribution in [2.75, 3.05) is 19.0 Å². The van der Waals surface area contributed by atoms with Crippen molar-refractivity contribution in [1.82, 2.24) is 5.32 Å². The van der Waals surface area contributed by atoms with Crippen LogP contribution in [-0.4, -0.2) is 76.3 Å². The van der Waals surface area contributed by atoms with Crippen LogP contribution in [0.4, 0.5) is 0 Å². The van der Waals surface area contributed by atoms with Gasteiger partial charge in [0, 0.05) is 18.6 Å². The molecule has 1 unspecified atom stereocenters. The Morgan fingerprint density at radius 2 is 0.929 bits per heavy atom. The van der Waals surface area contributed by atoms with Gasteiger partial charge < -0.3 is 30.7 Å². The minimum atomic E-state index is -1.30. The molecule has 3 atom stereocenters. The molecular weight excluding hydrogens is 733 g/mol. The molecule has 0 aromatic carbocycles. The maximum Gasteiger partial charge on any atom is 0.328 e. The van der Waals surface area contributed by atoms with E-state index in [0.717, 1.165) is 50.3 Å². The van der Waals surface area contributed by atoms with Crippen LogP contribution in [0, 0.1) is 0 Å². The van der Waals surface area contributed by atoms with Gasteiger partial charge in [0.05, 0.1) is 13.2 Å². The lowest BCUT2D eigenvalue weighted by atomic mass is 10.0. The minimum Gasteiger partial charge on any atom is -0.480 e. The molecule has 56 heavy (non-hydrogen) atoms. The zero-order chi connectivity index (χ0) is 41.5. The van der Waals surface area contributed by atoms with E-state index in [1.807, 2.05) is 0 Å². The van der Waals surface area contributed by atoms with E-state index in [9.17, 15) is 29.1 Å². The van der Waals surface area contributed by atoms with Gasteiger partial charge in [-0.05, 0) is 19.3 Å². The average Bonchev–Trinajstić information content (AvgIpc) is 3.17. The molecule has 0 rings (SSSR count). The van der Waals surface area contributed by atoms with Crippen LogP contribution in [0.25, 0.3) is 0 Å². The summed E-state index contributed by atoms with van der Waals surface area (Å²) >= 11 is 0.748.